The number of fused-ring (bicyclic) bond motifs is 1. The molecule has 1 N–H and O–H groups in total. The van der Waals surface area contributed by atoms with Crippen molar-refractivity contribution in [2.75, 3.05) is 0 Å². The van der Waals surface area contributed by atoms with Gasteiger partial charge in [-0.25, -0.2) is 13.8 Å². The molecule has 8 heteroatoms. The maximum Gasteiger partial charge on any atom is 0.271 e. The molecule has 1 atom stereocenters. The number of aliphatic hydroxyl groups excluding tert-OH is 1. The highest BCUT2D eigenvalue weighted by Gasteiger charge is 2.17. The van der Waals surface area contributed by atoms with Crippen LogP contribution < -0.4 is 5.56 Å². The van der Waals surface area contributed by atoms with Crippen LogP contribution >= 0.6 is 22.9 Å². The van der Waals surface area contributed by atoms with Gasteiger partial charge in [0.1, 0.15) is 16.3 Å². The minimum atomic E-state index is -1.31. The molecule has 1 unspecified atom stereocenters. The Bertz CT molecular complexity index is 1220. The number of benzene rings is 2. The average molecular weight is 419 g/mol. The normalized spacial score (nSPS) is 12.4. The zero-order valence-corrected chi connectivity index (χ0v) is 15.8. The van der Waals surface area contributed by atoms with Crippen LogP contribution in [0.25, 0.3) is 20.7 Å². The number of rotatable bonds is 4. The molecule has 0 saturated carbocycles. The van der Waals surface area contributed by atoms with Gasteiger partial charge in [0.2, 0.25) is 0 Å². The molecule has 2 heterocycles. The van der Waals surface area contributed by atoms with Crippen molar-refractivity contribution >= 4 is 33.2 Å². The van der Waals surface area contributed by atoms with Crippen LogP contribution in [-0.2, 0) is 6.54 Å². The lowest BCUT2D eigenvalue weighted by molar-refractivity contribution is 0.150. The van der Waals surface area contributed by atoms with E-state index in [0.29, 0.717) is 21.3 Å². The molecular weight excluding hydrogens is 406 g/mol. The van der Waals surface area contributed by atoms with Crippen molar-refractivity contribution in [1.29, 1.82) is 0 Å². The largest absolute Gasteiger partial charge is 0.386 e. The zero-order valence-electron chi connectivity index (χ0n) is 14.3. The monoisotopic (exact) mass is 418 g/mol. The fraction of sp³-hybridized carbons (Fsp3) is 0.100. The van der Waals surface area contributed by atoms with E-state index in [0.717, 1.165) is 22.6 Å². The molecule has 0 saturated heterocycles. The van der Waals surface area contributed by atoms with Gasteiger partial charge in [0.25, 0.3) is 5.56 Å². The van der Waals surface area contributed by atoms with Gasteiger partial charge in [-0.05, 0) is 29.8 Å². The standard InChI is InChI=1S/C20H13ClF2N2O2S/c21-12-3-1-11(2-4-12)18-8-16-19(28-18)20(27)25(10-24-16)9-17(26)14-6-5-13(22)7-15(14)23/h1-8,10,17,26H,9H2. The van der Waals surface area contributed by atoms with E-state index in [1.165, 1.54) is 22.2 Å². The summed E-state index contributed by atoms with van der Waals surface area (Å²) in [6, 6.07) is 12.0. The molecule has 4 aromatic rings. The Kier molecular flexibility index (Phi) is 4.97. The van der Waals surface area contributed by atoms with Crippen LogP contribution in [0.3, 0.4) is 0 Å². The third-order valence-corrected chi connectivity index (χ3v) is 5.74. The molecule has 2 aromatic heterocycles. The summed E-state index contributed by atoms with van der Waals surface area (Å²) in [6.45, 7) is -0.196. The minimum Gasteiger partial charge on any atom is -0.386 e. The summed E-state index contributed by atoms with van der Waals surface area (Å²) in [5.74, 6) is -1.60. The van der Waals surface area contributed by atoms with E-state index in [1.54, 1.807) is 12.1 Å². The number of hydrogen-bond acceptors (Lipinski definition) is 4. The summed E-state index contributed by atoms with van der Waals surface area (Å²) in [6.07, 6.45) is 0.00136. The van der Waals surface area contributed by atoms with Crippen LogP contribution in [0.1, 0.15) is 11.7 Å². The molecule has 4 nitrogen and oxygen atoms in total. The second-order valence-electron chi connectivity index (χ2n) is 6.22. The fourth-order valence-electron chi connectivity index (χ4n) is 2.89. The molecule has 142 valence electrons. The summed E-state index contributed by atoms with van der Waals surface area (Å²) in [4.78, 5) is 17.9. The number of thiophene rings is 1. The number of halogens is 3. The second-order valence-corrected chi connectivity index (χ2v) is 7.70. The second kappa shape index (κ2) is 7.43. The Morgan fingerprint density at radius 1 is 1.14 bits per heavy atom. The van der Waals surface area contributed by atoms with Crippen molar-refractivity contribution in [2.24, 2.45) is 0 Å². The highest BCUT2D eigenvalue weighted by Crippen LogP contribution is 2.31. The van der Waals surface area contributed by atoms with Gasteiger partial charge in [0, 0.05) is 21.5 Å². The molecule has 28 heavy (non-hydrogen) atoms. The van der Waals surface area contributed by atoms with Crippen molar-refractivity contribution in [3.8, 4) is 10.4 Å². The third kappa shape index (κ3) is 3.56. The smallest absolute Gasteiger partial charge is 0.271 e. The van der Waals surface area contributed by atoms with Gasteiger partial charge in [0.15, 0.2) is 0 Å². The van der Waals surface area contributed by atoms with Crippen LogP contribution in [0.4, 0.5) is 8.78 Å². The molecule has 0 amide bonds. The lowest BCUT2D eigenvalue weighted by Crippen LogP contribution is -2.23. The predicted molar refractivity (Wildman–Crippen MR) is 106 cm³/mol. The Balaban J connectivity index is 1.68. The van der Waals surface area contributed by atoms with Gasteiger partial charge < -0.3 is 5.11 Å². The lowest BCUT2D eigenvalue weighted by atomic mass is 10.1. The maximum atomic E-state index is 13.9. The van der Waals surface area contributed by atoms with Gasteiger partial charge in [0.05, 0.1) is 24.5 Å². The van der Waals surface area contributed by atoms with E-state index in [1.807, 2.05) is 18.2 Å². The Morgan fingerprint density at radius 3 is 2.61 bits per heavy atom. The first-order valence-electron chi connectivity index (χ1n) is 8.30. The first-order chi connectivity index (χ1) is 13.4. The van der Waals surface area contributed by atoms with E-state index >= 15 is 0 Å². The van der Waals surface area contributed by atoms with Gasteiger partial charge in [-0.3, -0.25) is 9.36 Å². The Labute approximate surface area is 167 Å². The quantitative estimate of drug-likeness (QED) is 0.518. The van der Waals surface area contributed by atoms with Crippen molar-refractivity contribution in [2.45, 2.75) is 12.6 Å². The van der Waals surface area contributed by atoms with Crippen LogP contribution in [0.15, 0.2) is 59.7 Å². The van der Waals surface area contributed by atoms with Gasteiger partial charge in [-0.2, -0.15) is 0 Å². The predicted octanol–water partition coefficient (Wildman–Crippen LogP) is 4.79. The zero-order chi connectivity index (χ0) is 19.8. The van der Waals surface area contributed by atoms with E-state index in [4.69, 9.17) is 11.6 Å². The third-order valence-electron chi connectivity index (χ3n) is 4.32. The van der Waals surface area contributed by atoms with Crippen LogP contribution in [0, 0.1) is 11.6 Å². The van der Waals surface area contributed by atoms with E-state index in [9.17, 15) is 18.7 Å². The van der Waals surface area contributed by atoms with Gasteiger partial charge >= 0.3 is 0 Å². The van der Waals surface area contributed by atoms with Crippen molar-refractivity contribution in [1.82, 2.24) is 9.55 Å². The molecule has 0 aliphatic carbocycles. The number of aromatic nitrogens is 2. The molecule has 0 spiro atoms. The van der Waals surface area contributed by atoms with Crippen LogP contribution in [0.2, 0.25) is 5.02 Å². The Morgan fingerprint density at radius 2 is 1.89 bits per heavy atom. The summed E-state index contributed by atoms with van der Waals surface area (Å²) in [5, 5.41) is 10.9. The van der Waals surface area contributed by atoms with Gasteiger partial charge in [-0.1, -0.05) is 29.8 Å². The summed E-state index contributed by atoms with van der Waals surface area (Å²) < 4.78 is 28.6. The number of hydrogen-bond donors (Lipinski definition) is 1. The first kappa shape index (κ1) is 18.7. The SMILES string of the molecule is O=c1c2sc(-c3ccc(Cl)cc3)cc2ncn1CC(O)c1ccc(F)cc1F. The minimum absolute atomic E-state index is 0.0820. The van der Waals surface area contributed by atoms with Crippen molar-refractivity contribution < 1.29 is 13.9 Å². The van der Waals surface area contributed by atoms with Gasteiger partial charge in [-0.15, -0.1) is 11.3 Å². The average Bonchev–Trinajstić information content (AvgIpc) is 3.09. The van der Waals surface area contributed by atoms with Crippen LogP contribution in [0.5, 0.6) is 0 Å². The first-order valence-corrected chi connectivity index (χ1v) is 9.50. The van der Waals surface area contributed by atoms with Crippen molar-refractivity contribution in [3.05, 3.63) is 87.4 Å². The van der Waals surface area contributed by atoms with Crippen molar-refractivity contribution in [3.63, 3.8) is 0 Å². The molecule has 0 fully saturated rings. The summed E-state index contributed by atoms with van der Waals surface area (Å²) in [7, 11) is 0. The number of aliphatic hydroxyl groups is 1. The highest BCUT2D eigenvalue weighted by molar-refractivity contribution is 7.22. The number of nitrogens with zero attached hydrogens (tertiary/aromatic N) is 2. The molecule has 0 bridgehead atoms. The van der Waals surface area contributed by atoms with E-state index in [2.05, 4.69) is 4.98 Å². The molecule has 4 rings (SSSR count). The molecule has 2 aromatic carbocycles. The molecular formula is C20H13ClF2N2O2S. The molecule has 0 aliphatic heterocycles. The van der Waals surface area contributed by atoms with E-state index < -0.39 is 17.7 Å². The molecule has 0 radical (unpaired) electrons. The summed E-state index contributed by atoms with van der Waals surface area (Å²) in [5.41, 5.74) is 1.03. The van der Waals surface area contributed by atoms with Crippen LogP contribution in [-0.4, -0.2) is 14.7 Å². The Hall–Kier alpha value is -2.61. The van der Waals surface area contributed by atoms with E-state index in [-0.39, 0.29) is 17.7 Å². The maximum absolute atomic E-state index is 13.9. The lowest BCUT2D eigenvalue weighted by Gasteiger charge is -2.13. The molecule has 0 aliphatic rings. The topological polar surface area (TPSA) is 55.1 Å². The fourth-order valence-corrected chi connectivity index (χ4v) is 4.08. The summed E-state index contributed by atoms with van der Waals surface area (Å²) >= 11 is 7.19. The highest BCUT2D eigenvalue weighted by atomic mass is 35.5.